The number of furan rings is 1. The minimum atomic E-state index is -3.62. The molecule has 0 unspecified atom stereocenters. The molecule has 0 saturated heterocycles. The van der Waals surface area contributed by atoms with Crippen molar-refractivity contribution in [1.29, 1.82) is 0 Å². The fraction of sp³-hybridized carbons (Fsp3) is 0.0556. The number of hydrogen-bond donors (Lipinski definition) is 1. The first-order valence-electron chi connectivity index (χ1n) is 7.48. The first-order valence-corrected chi connectivity index (χ1v) is 9.13. The number of hydrogen-bond acceptors (Lipinski definition) is 4. The molecule has 0 bridgehead atoms. The van der Waals surface area contributed by atoms with Crippen molar-refractivity contribution in [2.24, 2.45) is 0 Å². The maximum atomic E-state index is 13.6. The summed E-state index contributed by atoms with van der Waals surface area (Å²) in [5, 5.41) is 2.24. The highest BCUT2D eigenvalue weighted by Crippen LogP contribution is 2.20. The molecule has 8 heteroatoms. The average Bonchev–Trinajstić information content (AvgIpc) is 3.06. The fourth-order valence-corrected chi connectivity index (χ4v) is 3.52. The molecular weight excluding hydrogens is 364 g/mol. The van der Waals surface area contributed by atoms with E-state index in [4.69, 9.17) is 4.42 Å². The number of sulfone groups is 1. The van der Waals surface area contributed by atoms with Crippen LogP contribution in [0.15, 0.2) is 70.0 Å². The van der Waals surface area contributed by atoms with Crippen molar-refractivity contribution in [2.75, 3.05) is 5.32 Å². The van der Waals surface area contributed by atoms with E-state index in [2.05, 4.69) is 5.32 Å². The van der Waals surface area contributed by atoms with Gasteiger partial charge in [0.15, 0.2) is 15.6 Å². The quantitative estimate of drug-likeness (QED) is 0.734. The summed E-state index contributed by atoms with van der Waals surface area (Å²) in [7, 11) is -3.62. The van der Waals surface area contributed by atoms with Crippen LogP contribution in [-0.2, 0) is 15.6 Å². The number of amides is 1. The Bertz CT molecular complexity index is 1050. The van der Waals surface area contributed by atoms with Gasteiger partial charge in [-0.25, -0.2) is 17.2 Å². The van der Waals surface area contributed by atoms with Crippen molar-refractivity contribution in [3.63, 3.8) is 0 Å². The molecule has 0 saturated carbocycles. The molecule has 134 valence electrons. The van der Waals surface area contributed by atoms with Gasteiger partial charge >= 0.3 is 0 Å². The number of benzene rings is 2. The zero-order valence-electron chi connectivity index (χ0n) is 13.3. The van der Waals surface area contributed by atoms with Crippen LogP contribution >= 0.6 is 0 Å². The lowest BCUT2D eigenvalue weighted by atomic mass is 10.3. The number of carbonyl (C=O) groups excluding carboxylic acids is 1. The number of rotatable bonds is 5. The van der Waals surface area contributed by atoms with Crippen molar-refractivity contribution in [3.05, 3.63) is 83.8 Å². The van der Waals surface area contributed by atoms with Crippen LogP contribution in [0.4, 0.5) is 14.5 Å². The molecule has 0 aliphatic heterocycles. The van der Waals surface area contributed by atoms with Gasteiger partial charge in [-0.3, -0.25) is 4.79 Å². The predicted octanol–water partition coefficient (Wildman–Crippen LogP) is 3.78. The van der Waals surface area contributed by atoms with Crippen LogP contribution in [0.2, 0.25) is 0 Å². The van der Waals surface area contributed by atoms with Gasteiger partial charge in [-0.05, 0) is 36.4 Å². The van der Waals surface area contributed by atoms with E-state index in [1.807, 2.05) is 0 Å². The van der Waals surface area contributed by atoms with E-state index in [9.17, 15) is 22.0 Å². The Morgan fingerprint density at radius 1 is 1.00 bits per heavy atom. The second-order valence-corrected chi connectivity index (χ2v) is 7.41. The molecule has 3 rings (SSSR count). The van der Waals surface area contributed by atoms with Crippen LogP contribution in [0.25, 0.3) is 0 Å². The molecule has 2 aromatic carbocycles. The Hall–Kier alpha value is -3.00. The minimum Gasteiger partial charge on any atom is -0.455 e. The highest BCUT2D eigenvalue weighted by atomic mass is 32.2. The molecule has 0 aliphatic carbocycles. The van der Waals surface area contributed by atoms with Crippen molar-refractivity contribution < 1.29 is 26.4 Å². The normalized spacial score (nSPS) is 11.3. The van der Waals surface area contributed by atoms with Crippen LogP contribution in [0, 0.1) is 11.6 Å². The van der Waals surface area contributed by atoms with E-state index >= 15 is 0 Å². The number of nitrogens with one attached hydrogen (secondary N) is 1. The second-order valence-electron chi connectivity index (χ2n) is 5.42. The van der Waals surface area contributed by atoms with Crippen molar-refractivity contribution >= 4 is 21.4 Å². The lowest BCUT2D eigenvalue weighted by Gasteiger charge is -2.05. The molecule has 0 fully saturated rings. The third-order valence-electron chi connectivity index (χ3n) is 3.50. The third-order valence-corrected chi connectivity index (χ3v) is 5.15. The molecule has 3 aromatic rings. The van der Waals surface area contributed by atoms with Crippen LogP contribution in [0.3, 0.4) is 0 Å². The fourth-order valence-electron chi connectivity index (χ4n) is 2.25. The van der Waals surface area contributed by atoms with Gasteiger partial charge in [-0.15, -0.1) is 0 Å². The van der Waals surface area contributed by atoms with Gasteiger partial charge in [0.05, 0.1) is 10.6 Å². The maximum Gasteiger partial charge on any atom is 0.291 e. The van der Waals surface area contributed by atoms with E-state index in [1.165, 1.54) is 24.3 Å². The largest absolute Gasteiger partial charge is 0.455 e. The maximum absolute atomic E-state index is 13.6. The molecule has 1 heterocycles. The van der Waals surface area contributed by atoms with Crippen molar-refractivity contribution in [1.82, 2.24) is 0 Å². The molecular formula is C18H13F2NO4S. The molecule has 0 aliphatic rings. The van der Waals surface area contributed by atoms with E-state index in [0.717, 1.165) is 12.1 Å². The zero-order valence-corrected chi connectivity index (χ0v) is 14.1. The van der Waals surface area contributed by atoms with E-state index in [-0.39, 0.29) is 22.1 Å². The van der Waals surface area contributed by atoms with E-state index in [1.54, 1.807) is 18.2 Å². The molecule has 5 nitrogen and oxygen atoms in total. The summed E-state index contributed by atoms with van der Waals surface area (Å²) in [4.78, 5) is 12.2. The van der Waals surface area contributed by atoms with Crippen molar-refractivity contribution in [2.45, 2.75) is 10.6 Å². The summed E-state index contributed by atoms with van der Waals surface area (Å²) < 4.78 is 56.3. The molecule has 0 spiro atoms. The standard InChI is InChI=1S/C18H13F2NO4S/c19-12-6-8-16(15(20)10-12)21-18(22)17-9-7-13(25-17)11-26(23,24)14-4-2-1-3-5-14/h1-10H,11H2,(H,21,22). The van der Waals surface area contributed by atoms with E-state index in [0.29, 0.717) is 6.07 Å². The first-order chi connectivity index (χ1) is 12.3. The number of carbonyl (C=O) groups is 1. The van der Waals surface area contributed by atoms with Gasteiger partial charge in [0.1, 0.15) is 23.1 Å². The molecule has 1 aromatic heterocycles. The molecule has 0 radical (unpaired) electrons. The smallest absolute Gasteiger partial charge is 0.291 e. The number of halogens is 2. The lowest BCUT2D eigenvalue weighted by Crippen LogP contribution is -2.12. The van der Waals surface area contributed by atoms with Gasteiger partial charge in [0.25, 0.3) is 5.91 Å². The summed E-state index contributed by atoms with van der Waals surface area (Å²) in [5.74, 6) is -3.03. The van der Waals surface area contributed by atoms with Crippen LogP contribution in [-0.4, -0.2) is 14.3 Å². The highest BCUT2D eigenvalue weighted by molar-refractivity contribution is 7.90. The van der Waals surface area contributed by atoms with Gasteiger partial charge in [-0.2, -0.15) is 0 Å². The second kappa shape index (κ2) is 7.09. The van der Waals surface area contributed by atoms with Crippen LogP contribution in [0.1, 0.15) is 16.3 Å². The Morgan fingerprint density at radius 2 is 1.73 bits per heavy atom. The van der Waals surface area contributed by atoms with Crippen LogP contribution in [0.5, 0.6) is 0 Å². The minimum absolute atomic E-state index is 0.0681. The third kappa shape index (κ3) is 3.97. The Morgan fingerprint density at radius 3 is 2.42 bits per heavy atom. The average molecular weight is 377 g/mol. The molecule has 26 heavy (non-hydrogen) atoms. The Kier molecular flexibility index (Phi) is 4.85. The zero-order chi connectivity index (χ0) is 18.7. The molecule has 0 atom stereocenters. The summed E-state index contributed by atoms with van der Waals surface area (Å²) in [6, 6.07) is 13.2. The molecule has 1 amide bonds. The summed E-state index contributed by atoms with van der Waals surface area (Å²) in [6.07, 6.45) is 0. The number of anilines is 1. The van der Waals surface area contributed by atoms with Gasteiger partial charge in [0.2, 0.25) is 0 Å². The highest BCUT2D eigenvalue weighted by Gasteiger charge is 2.19. The van der Waals surface area contributed by atoms with Gasteiger partial charge in [0, 0.05) is 6.07 Å². The predicted molar refractivity (Wildman–Crippen MR) is 90.4 cm³/mol. The van der Waals surface area contributed by atoms with Crippen molar-refractivity contribution in [3.8, 4) is 0 Å². The first kappa shape index (κ1) is 17.8. The van der Waals surface area contributed by atoms with Crippen LogP contribution < -0.4 is 5.32 Å². The summed E-state index contributed by atoms with van der Waals surface area (Å²) in [6.45, 7) is 0. The Balaban J connectivity index is 1.74. The monoisotopic (exact) mass is 377 g/mol. The topological polar surface area (TPSA) is 76.4 Å². The summed E-state index contributed by atoms with van der Waals surface area (Å²) >= 11 is 0. The van der Waals surface area contributed by atoms with Gasteiger partial charge < -0.3 is 9.73 Å². The van der Waals surface area contributed by atoms with E-state index < -0.39 is 33.1 Å². The molecule has 1 N–H and O–H groups in total. The lowest BCUT2D eigenvalue weighted by molar-refractivity contribution is 0.0994. The Labute approximate surface area is 148 Å². The van der Waals surface area contributed by atoms with Gasteiger partial charge in [-0.1, -0.05) is 18.2 Å². The summed E-state index contributed by atoms with van der Waals surface area (Å²) in [5.41, 5.74) is -0.216. The SMILES string of the molecule is O=C(Nc1ccc(F)cc1F)c1ccc(CS(=O)(=O)c2ccccc2)o1.